The highest BCUT2D eigenvalue weighted by atomic mass is 32.2. The monoisotopic (exact) mass is 378 g/mol. The molecule has 2 amide bonds. The predicted octanol–water partition coefficient (Wildman–Crippen LogP) is 3.43. The normalized spacial score (nSPS) is 17.1. The van der Waals surface area contributed by atoms with E-state index in [1.54, 1.807) is 18.2 Å². The smallest absolute Gasteiger partial charge is 0.247 e. The van der Waals surface area contributed by atoms with Crippen LogP contribution < -0.4 is 10.2 Å². The molecule has 0 spiro atoms. The number of amides is 2. The highest BCUT2D eigenvalue weighted by molar-refractivity contribution is 8.15. The van der Waals surface area contributed by atoms with E-state index in [-0.39, 0.29) is 23.4 Å². The van der Waals surface area contributed by atoms with Crippen molar-refractivity contribution in [2.75, 3.05) is 4.90 Å². The van der Waals surface area contributed by atoms with Gasteiger partial charge in [-0.2, -0.15) is 5.26 Å². The molecule has 6 nitrogen and oxygen atoms in total. The number of anilines is 1. The van der Waals surface area contributed by atoms with Gasteiger partial charge in [-0.05, 0) is 37.6 Å². The van der Waals surface area contributed by atoms with Crippen LogP contribution in [0.5, 0.6) is 0 Å². The molecule has 1 atom stereocenters. The highest BCUT2D eigenvalue weighted by Gasteiger charge is 2.41. The number of rotatable bonds is 3. The predicted molar refractivity (Wildman–Crippen MR) is 107 cm³/mol. The Morgan fingerprint density at radius 2 is 1.96 bits per heavy atom. The van der Waals surface area contributed by atoms with Gasteiger partial charge in [0, 0.05) is 6.42 Å². The van der Waals surface area contributed by atoms with Gasteiger partial charge < -0.3 is 0 Å². The van der Waals surface area contributed by atoms with Gasteiger partial charge in [0.2, 0.25) is 11.8 Å². The van der Waals surface area contributed by atoms with Crippen molar-refractivity contribution >= 4 is 40.1 Å². The molecule has 0 bridgehead atoms. The molecular weight excluding hydrogens is 360 g/mol. The first-order valence-corrected chi connectivity index (χ1v) is 9.27. The Morgan fingerprint density at radius 3 is 2.63 bits per heavy atom. The number of aryl methyl sites for hydroxylation is 2. The molecule has 1 saturated heterocycles. The molecule has 0 aliphatic carbocycles. The quantitative estimate of drug-likeness (QED) is 0.291. The van der Waals surface area contributed by atoms with Gasteiger partial charge in [-0.3, -0.25) is 14.9 Å². The lowest BCUT2D eigenvalue weighted by Crippen LogP contribution is -2.32. The van der Waals surface area contributed by atoms with Crippen molar-refractivity contribution in [3.63, 3.8) is 0 Å². The van der Waals surface area contributed by atoms with Crippen LogP contribution in [0, 0.1) is 25.3 Å². The molecule has 0 radical (unpaired) electrons. The molecule has 1 aliphatic rings. The molecule has 1 heterocycles. The minimum Gasteiger partial charge on any atom is -0.274 e. The maximum absolute atomic E-state index is 12.9. The molecule has 2 aromatic carbocycles. The van der Waals surface area contributed by atoms with Crippen LogP contribution in [0.2, 0.25) is 0 Å². The fourth-order valence-electron chi connectivity index (χ4n) is 2.89. The molecule has 1 N–H and O–H groups in total. The number of nitrogens with zero attached hydrogens (tertiary/aromatic N) is 3. The van der Waals surface area contributed by atoms with Crippen molar-refractivity contribution in [3.8, 4) is 6.19 Å². The zero-order valence-corrected chi connectivity index (χ0v) is 15.8. The van der Waals surface area contributed by atoms with Gasteiger partial charge in [0.05, 0.1) is 11.4 Å². The molecule has 0 unspecified atom stereocenters. The van der Waals surface area contributed by atoms with Crippen LogP contribution in [0.1, 0.15) is 17.5 Å². The summed E-state index contributed by atoms with van der Waals surface area (Å²) in [5.74, 6) is -0.544. The SMILES string of the molecule is Cc1ccc(N2C(=O)C[C@@H](SC(=Nc3ccccc3)NC#N)C2=O)c(C)c1. The molecule has 7 heteroatoms. The van der Waals surface area contributed by atoms with Crippen molar-refractivity contribution in [1.29, 1.82) is 5.26 Å². The molecule has 27 heavy (non-hydrogen) atoms. The summed E-state index contributed by atoms with van der Waals surface area (Å²) >= 11 is 1.10. The van der Waals surface area contributed by atoms with E-state index >= 15 is 0 Å². The van der Waals surface area contributed by atoms with Crippen LogP contribution in [0.3, 0.4) is 0 Å². The Labute approximate surface area is 161 Å². The van der Waals surface area contributed by atoms with Crippen molar-refractivity contribution in [2.24, 2.45) is 4.99 Å². The minimum atomic E-state index is -0.624. The number of nitrogens with one attached hydrogen (secondary N) is 1. The van der Waals surface area contributed by atoms with Gasteiger partial charge in [0.25, 0.3) is 0 Å². The van der Waals surface area contributed by atoms with Crippen molar-refractivity contribution in [3.05, 3.63) is 59.7 Å². The Hall–Kier alpha value is -3.11. The molecule has 1 fully saturated rings. The summed E-state index contributed by atoms with van der Waals surface area (Å²) in [6.07, 6.45) is 1.90. The maximum atomic E-state index is 12.9. The van der Waals surface area contributed by atoms with Crippen molar-refractivity contribution < 1.29 is 9.59 Å². The Bertz CT molecular complexity index is 950. The number of aliphatic imine (C=N–C) groups is 1. The fourth-order valence-corrected chi connectivity index (χ4v) is 3.86. The van der Waals surface area contributed by atoms with Gasteiger partial charge in [-0.1, -0.05) is 47.7 Å². The third-order valence-corrected chi connectivity index (χ3v) is 5.17. The van der Waals surface area contributed by atoms with Crippen molar-refractivity contribution in [1.82, 2.24) is 5.32 Å². The van der Waals surface area contributed by atoms with Crippen LogP contribution in [0.25, 0.3) is 0 Å². The summed E-state index contributed by atoms with van der Waals surface area (Å²) in [5, 5.41) is 11.2. The summed E-state index contributed by atoms with van der Waals surface area (Å²) in [6, 6.07) is 14.7. The molecule has 0 aromatic heterocycles. The van der Waals surface area contributed by atoms with E-state index in [0.29, 0.717) is 11.4 Å². The first kappa shape index (κ1) is 18.7. The first-order valence-electron chi connectivity index (χ1n) is 8.39. The summed E-state index contributed by atoms with van der Waals surface area (Å²) in [6.45, 7) is 3.84. The largest absolute Gasteiger partial charge is 0.274 e. The summed E-state index contributed by atoms with van der Waals surface area (Å²) in [4.78, 5) is 31.0. The molecule has 1 aliphatic heterocycles. The van der Waals surface area contributed by atoms with E-state index in [1.165, 1.54) is 4.90 Å². The lowest BCUT2D eigenvalue weighted by molar-refractivity contribution is -0.121. The summed E-state index contributed by atoms with van der Waals surface area (Å²) < 4.78 is 0. The fraction of sp³-hybridized carbons (Fsp3) is 0.200. The second-order valence-corrected chi connectivity index (χ2v) is 7.35. The lowest BCUT2D eigenvalue weighted by Gasteiger charge is -2.17. The Morgan fingerprint density at radius 1 is 1.22 bits per heavy atom. The van der Waals surface area contributed by atoms with Crippen LogP contribution in [-0.2, 0) is 9.59 Å². The van der Waals surface area contributed by atoms with E-state index < -0.39 is 5.25 Å². The Kier molecular flexibility index (Phi) is 5.57. The van der Waals surface area contributed by atoms with E-state index in [9.17, 15) is 9.59 Å². The number of para-hydroxylation sites is 1. The van der Waals surface area contributed by atoms with Gasteiger partial charge in [0.1, 0.15) is 5.25 Å². The number of benzene rings is 2. The van der Waals surface area contributed by atoms with Crippen LogP contribution in [0.4, 0.5) is 11.4 Å². The number of amidine groups is 1. The minimum absolute atomic E-state index is 0.0672. The first-order chi connectivity index (χ1) is 13.0. The van der Waals surface area contributed by atoms with E-state index in [4.69, 9.17) is 5.26 Å². The average Bonchev–Trinajstić information content (AvgIpc) is 2.90. The molecule has 136 valence electrons. The molecular formula is C20H18N4O2S. The lowest BCUT2D eigenvalue weighted by atomic mass is 10.1. The van der Waals surface area contributed by atoms with E-state index in [1.807, 2.05) is 50.4 Å². The third-order valence-electron chi connectivity index (χ3n) is 4.10. The number of hydrogen-bond acceptors (Lipinski definition) is 5. The number of carbonyl (C=O) groups excluding carboxylic acids is 2. The summed E-state index contributed by atoms with van der Waals surface area (Å²) in [7, 11) is 0. The number of carbonyl (C=O) groups is 2. The second kappa shape index (κ2) is 8.06. The van der Waals surface area contributed by atoms with E-state index in [2.05, 4.69) is 10.3 Å². The topological polar surface area (TPSA) is 85.6 Å². The summed E-state index contributed by atoms with van der Waals surface area (Å²) in [5.41, 5.74) is 3.20. The van der Waals surface area contributed by atoms with Crippen molar-refractivity contribution in [2.45, 2.75) is 25.5 Å². The van der Waals surface area contributed by atoms with Crippen LogP contribution >= 0.6 is 11.8 Å². The molecule has 0 saturated carbocycles. The van der Waals surface area contributed by atoms with Gasteiger partial charge in [-0.25, -0.2) is 9.89 Å². The maximum Gasteiger partial charge on any atom is 0.247 e. The Balaban J connectivity index is 1.83. The van der Waals surface area contributed by atoms with Gasteiger partial charge in [0.15, 0.2) is 11.4 Å². The van der Waals surface area contributed by atoms with Gasteiger partial charge in [-0.15, -0.1) is 0 Å². The number of hydrogen-bond donors (Lipinski definition) is 1. The standard InChI is InChI=1S/C20H18N4O2S/c1-13-8-9-16(14(2)10-13)24-18(25)11-17(19(24)26)27-20(22-12-21)23-15-6-4-3-5-7-15/h3-10,17H,11H2,1-2H3,(H,22,23)/t17-/m1/s1. The van der Waals surface area contributed by atoms with Crippen LogP contribution in [-0.4, -0.2) is 22.2 Å². The zero-order chi connectivity index (χ0) is 19.4. The van der Waals surface area contributed by atoms with Gasteiger partial charge >= 0.3 is 0 Å². The third kappa shape index (κ3) is 4.18. The number of thioether (sulfide) groups is 1. The van der Waals surface area contributed by atoms with E-state index in [0.717, 1.165) is 22.9 Å². The second-order valence-electron chi connectivity index (χ2n) is 6.16. The highest BCUT2D eigenvalue weighted by Crippen LogP contribution is 2.32. The average molecular weight is 378 g/mol. The molecule has 2 aromatic rings. The number of nitriles is 1. The van der Waals surface area contributed by atoms with Crippen LogP contribution in [0.15, 0.2) is 53.5 Å². The number of imide groups is 1. The zero-order valence-electron chi connectivity index (χ0n) is 15.0. The molecule has 3 rings (SSSR count).